The lowest BCUT2D eigenvalue weighted by atomic mass is 10.1. The van der Waals surface area contributed by atoms with E-state index in [4.69, 9.17) is 4.42 Å². The van der Waals surface area contributed by atoms with E-state index in [0.717, 1.165) is 10.4 Å². The van der Waals surface area contributed by atoms with Crippen molar-refractivity contribution in [3.63, 3.8) is 0 Å². The Morgan fingerprint density at radius 3 is 2.84 bits per heavy atom. The topological polar surface area (TPSA) is 68.0 Å². The minimum atomic E-state index is -0.312. The van der Waals surface area contributed by atoms with Crippen molar-refractivity contribution in [3.05, 3.63) is 51.7 Å². The van der Waals surface area contributed by atoms with Gasteiger partial charge >= 0.3 is 0 Å². The second kappa shape index (κ2) is 7.84. The van der Waals surface area contributed by atoms with Crippen LogP contribution in [0, 0.1) is 13.8 Å². The van der Waals surface area contributed by atoms with Crippen LogP contribution in [0.1, 0.15) is 22.9 Å². The molecular formula is C18H19N3O2S2. The van der Waals surface area contributed by atoms with Gasteiger partial charge in [-0.15, -0.1) is 21.5 Å². The third-order valence-corrected chi connectivity index (χ3v) is 5.63. The van der Waals surface area contributed by atoms with Crippen molar-refractivity contribution in [2.75, 3.05) is 0 Å². The number of aryl methyl sites for hydroxylation is 2. The Kier molecular flexibility index (Phi) is 5.55. The molecule has 1 aromatic carbocycles. The van der Waals surface area contributed by atoms with Gasteiger partial charge in [-0.05, 0) is 55.5 Å². The maximum atomic E-state index is 12.2. The highest BCUT2D eigenvalue weighted by atomic mass is 32.2. The fourth-order valence-electron chi connectivity index (χ4n) is 2.18. The number of thioether (sulfide) groups is 1. The summed E-state index contributed by atoms with van der Waals surface area (Å²) >= 11 is 2.88. The number of nitrogens with zero attached hydrogens (tertiary/aromatic N) is 2. The van der Waals surface area contributed by atoms with Gasteiger partial charge in [0, 0.05) is 10.4 Å². The lowest BCUT2D eigenvalue weighted by Crippen LogP contribution is -2.30. The van der Waals surface area contributed by atoms with Gasteiger partial charge in [-0.2, -0.15) is 0 Å². The van der Waals surface area contributed by atoms with Crippen molar-refractivity contribution >= 4 is 29.0 Å². The van der Waals surface area contributed by atoms with Gasteiger partial charge in [-0.3, -0.25) is 4.79 Å². The van der Waals surface area contributed by atoms with E-state index in [9.17, 15) is 4.79 Å². The van der Waals surface area contributed by atoms with Crippen LogP contribution in [0.2, 0.25) is 0 Å². The highest BCUT2D eigenvalue weighted by Crippen LogP contribution is 2.27. The first-order valence-corrected chi connectivity index (χ1v) is 9.67. The van der Waals surface area contributed by atoms with Crippen LogP contribution in [0.15, 0.2) is 45.4 Å². The molecule has 0 fully saturated rings. The number of aromatic nitrogens is 2. The molecule has 0 spiro atoms. The van der Waals surface area contributed by atoms with E-state index in [1.807, 2.05) is 49.6 Å². The van der Waals surface area contributed by atoms with Gasteiger partial charge in [0.15, 0.2) is 0 Å². The first kappa shape index (κ1) is 17.7. The molecule has 2 heterocycles. The van der Waals surface area contributed by atoms with Crippen LogP contribution in [-0.4, -0.2) is 21.4 Å². The SMILES string of the molecule is Cc1ccc(-c2nnc(S[C@@H](C)C(=O)NCc3cccs3)o2)cc1C. The molecule has 1 atom stereocenters. The van der Waals surface area contributed by atoms with Crippen molar-refractivity contribution in [1.82, 2.24) is 15.5 Å². The molecule has 3 rings (SSSR count). The fraction of sp³-hybridized carbons (Fsp3) is 0.278. The predicted molar refractivity (Wildman–Crippen MR) is 101 cm³/mol. The largest absolute Gasteiger partial charge is 0.411 e. The van der Waals surface area contributed by atoms with Crippen LogP contribution in [0.5, 0.6) is 0 Å². The molecule has 1 N–H and O–H groups in total. The second-order valence-corrected chi connectivity index (χ2v) is 8.05. The predicted octanol–water partition coefficient (Wildman–Crippen LogP) is 4.21. The summed E-state index contributed by atoms with van der Waals surface area (Å²) in [5, 5.41) is 13.1. The molecule has 0 unspecified atom stereocenters. The highest BCUT2D eigenvalue weighted by Gasteiger charge is 2.18. The van der Waals surface area contributed by atoms with Gasteiger partial charge in [-0.25, -0.2) is 0 Å². The van der Waals surface area contributed by atoms with Gasteiger partial charge in [-0.1, -0.05) is 23.9 Å². The Morgan fingerprint density at radius 2 is 2.12 bits per heavy atom. The van der Waals surface area contributed by atoms with Crippen molar-refractivity contribution in [1.29, 1.82) is 0 Å². The summed E-state index contributed by atoms with van der Waals surface area (Å²) in [6.07, 6.45) is 0. The molecule has 0 radical (unpaired) electrons. The number of nitrogens with one attached hydrogen (secondary N) is 1. The maximum Gasteiger partial charge on any atom is 0.277 e. The Labute approximate surface area is 154 Å². The molecule has 0 aliphatic heterocycles. The lowest BCUT2D eigenvalue weighted by molar-refractivity contribution is -0.120. The number of rotatable bonds is 6. The summed E-state index contributed by atoms with van der Waals surface area (Å²) in [7, 11) is 0. The molecule has 0 saturated heterocycles. The van der Waals surface area contributed by atoms with E-state index in [1.54, 1.807) is 11.3 Å². The van der Waals surface area contributed by atoms with Crippen molar-refractivity contribution < 1.29 is 9.21 Å². The summed E-state index contributed by atoms with van der Waals surface area (Å²) < 4.78 is 5.70. The summed E-state index contributed by atoms with van der Waals surface area (Å²) in [5.41, 5.74) is 3.28. The Balaban J connectivity index is 1.60. The van der Waals surface area contributed by atoms with Gasteiger partial charge in [0.1, 0.15) is 0 Å². The van der Waals surface area contributed by atoms with Gasteiger partial charge in [0.2, 0.25) is 11.8 Å². The third kappa shape index (κ3) is 4.49. The van der Waals surface area contributed by atoms with Crippen LogP contribution >= 0.6 is 23.1 Å². The number of benzene rings is 1. The quantitative estimate of drug-likeness (QED) is 0.656. The zero-order chi connectivity index (χ0) is 17.8. The number of amides is 1. The standard InChI is InChI=1S/C18H19N3O2S2/c1-11-6-7-14(9-12(11)2)17-20-21-18(23-17)25-13(3)16(22)19-10-15-5-4-8-24-15/h4-9,13H,10H2,1-3H3,(H,19,22)/t13-/m0/s1. The van der Waals surface area contributed by atoms with Gasteiger partial charge < -0.3 is 9.73 Å². The maximum absolute atomic E-state index is 12.2. The summed E-state index contributed by atoms with van der Waals surface area (Å²) in [6, 6.07) is 9.98. The molecule has 0 bridgehead atoms. The van der Waals surface area contributed by atoms with Crippen LogP contribution in [0.3, 0.4) is 0 Å². The number of thiophene rings is 1. The second-order valence-electron chi connectivity index (χ2n) is 5.73. The van der Waals surface area contributed by atoms with Crippen LogP contribution in [0.4, 0.5) is 0 Å². The molecule has 25 heavy (non-hydrogen) atoms. The van der Waals surface area contributed by atoms with Crippen LogP contribution < -0.4 is 5.32 Å². The first-order chi connectivity index (χ1) is 12.0. The lowest BCUT2D eigenvalue weighted by Gasteiger charge is -2.08. The molecule has 0 saturated carbocycles. The van der Waals surface area contributed by atoms with E-state index in [1.165, 1.54) is 22.9 Å². The normalized spacial score (nSPS) is 12.1. The zero-order valence-corrected chi connectivity index (χ0v) is 15.9. The summed E-state index contributed by atoms with van der Waals surface area (Å²) in [5.74, 6) is 0.418. The number of hydrogen-bond acceptors (Lipinski definition) is 6. The van der Waals surface area contributed by atoms with E-state index >= 15 is 0 Å². The van der Waals surface area contributed by atoms with Crippen LogP contribution in [0.25, 0.3) is 11.5 Å². The van der Waals surface area contributed by atoms with Crippen molar-refractivity contribution in [2.45, 2.75) is 37.8 Å². The number of carbonyl (C=O) groups is 1. The molecule has 1 amide bonds. The summed E-state index contributed by atoms with van der Waals surface area (Å²) in [4.78, 5) is 13.3. The Morgan fingerprint density at radius 1 is 1.28 bits per heavy atom. The van der Waals surface area contributed by atoms with E-state index in [0.29, 0.717) is 17.7 Å². The molecule has 3 aromatic rings. The fourth-order valence-corrected chi connectivity index (χ4v) is 3.54. The van der Waals surface area contributed by atoms with E-state index in [-0.39, 0.29) is 11.2 Å². The monoisotopic (exact) mass is 373 g/mol. The smallest absolute Gasteiger partial charge is 0.277 e. The Hall–Kier alpha value is -2.12. The minimum Gasteiger partial charge on any atom is -0.411 e. The van der Waals surface area contributed by atoms with Crippen LogP contribution in [-0.2, 0) is 11.3 Å². The first-order valence-electron chi connectivity index (χ1n) is 7.91. The van der Waals surface area contributed by atoms with Gasteiger partial charge in [0.05, 0.1) is 11.8 Å². The summed E-state index contributed by atoms with van der Waals surface area (Å²) in [6.45, 7) is 6.48. The molecule has 7 heteroatoms. The molecule has 2 aromatic heterocycles. The average Bonchev–Trinajstić information content (AvgIpc) is 3.27. The van der Waals surface area contributed by atoms with E-state index < -0.39 is 0 Å². The zero-order valence-electron chi connectivity index (χ0n) is 14.3. The molecule has 0 aliphatic rings. The highest BCUT2D eigenvalue weighted by molar-refractivity contribution is 8.00. The van der Waals surface area contributed by atoms with Crippen molar-refractivity contribution in [2.24, 2.45) is 0 Å². The molecule has 130 valence electrons. The number of hydrogen-bond donors (Lipinski definition) is 1. The molecule has 5 nitrogen and oxygen atoms in total. The third-order valence-electron chi connectivity index (χ3n) is 3.82. The van der Waals surface area contributed by atoms with Gasteiger partial charge in [0.25, 0.3) is 5.22 Å². The average molecular weight is 374 g/mol. The molecular weight excluding hydrogens is 354 g/mol. The van der Waals surface area contributed by atoms with E-state index in [2.05, 4.69) is 22.4 Å². The number of carbonyl (C=O) groups excluding carboxylic acids is 1. The van der Waals surface area contributed by atoms with Crippen molar-refractivity contribution in [3.8, 4) is 11.5 Å². The molecule has 0 aliphatic carbocycles. The minimum absolute atomic E-state index is 0.0515. The Bertz CT molecular complexity index is 859.